The first-order chi connectivity index (χ1) is 16.6. The second-order valence-electron chi connectivity index (χ2n) is 6.38. The number of ketones is 1. The van der Waals surface area contributed by atoms with E-state index >= 15 is 0 Å². The van der Waals surface area contributed by atoms with Gasteiger partial charge in [-0.15, -0.1) is 0 Å². The lowest BCUT2D eigenvalue weighted by atomic mass is 10.3. The van der Waals surface area contributed by atoms with Crippen molar-refractivity contribution in [2.45, 2.75) is 96.3 Å². The highest BCUT2D eigenvalue weighted by atomic mass is 17.5. The van der Waals surface area contributed by atoms with Gasteiger partial charge in [-0.25, -0.2) is 20.1 Å². The third-order valence-corrected chi connectivity index (χ3v) is 2.90. The molecule has 0 saturated heterocycles. The summed E-state index contributed by atoms with van der Waals surface area (Å²) in [5, 5.41) is 43.6. The van der Waals surface area contributed by atoms with Crippen molar-refractivity contribution in [3.63, 3.8) is 0 Å². The quantitative estimate of drug-likeness (QED) is 0.0509. The molecule has 0 radical (unpaired) electrons. The van der Waals surface area contributed by atoms with Crippen LogP contribution >= 0.6 is 0 Å². The Balaban J connectivity index is -0.0000000388. The Bertz CT molecular complexity index is 712. The highest BCUT2D eigenvalue weighted by molar-refractivity contribution is 5.94. The first kappa shape index (κ1) is 56.7. The standard InChI is InChI=1S/C6H12O3.C6H10O3.C5H6O4.C4H8O5.4CH4.2H2/c2*1-3-9-6(8)4-5(2)7;1-3(5(8)9)2-4(6)7;1-3(7-5)4(2)8-9-6;;;;;;/h5,7H,3-4H2,1-2H3;3-4H2,1-2H3;2H,1H3,(H,6,7)(H,8,9);4-6H,1H2,2H3;4*1H4;2*1H/b;;3-2+;;;;;;;. The normalized spacial score (nSPS) is 10.2. The van der Waals surface area contributed by atoms with E-state index in [1.165, 1.54) is 20.8 Å². The number of carbonyl (C=O) groups excluding carboxylic acids is 3. The van der Waals surface area contributed by atoms with Crippen molar-refractivity contribution >= 4 is 29.7 Å². The van der Waals surface area contributed by atoms with E-state index in [-0.39, 0.29) is 68.5 Å². The molecule has 0 saturated carbocycles. The van der Waals surface area contributed by atoms with Crippen LogP contribution in [0.15, 0.2) is 24.0 Å². The molecule has 0 bridgehead atoms. The summed E-state index contributed by atoms with van der Waals surface area (Å²) in [6.07, 6.45) is -0.673. The maximum Gasteiger partial charge on any atom is 0.331 e. The molecule has 40 heavy (non-hydrogen) atoms. The van der Waals surface area contributed by atoms with Gasteiger partial charge >= 0.3 is 23.9 Å². The summed E-state index contributed by atoms with van der Waals surface area (Å²) < 4.78 is 9.05. The molecule has 0 aliphatic carbocycles. The Hall–Kier alpha value is -3.37. The van der Waals surface area contributed by atoms with Crippen molar-refractivity contribution in [1.82, 2.24) is 0 Å². The average molecular weight is 597 g/mol. The van der Waals surface area contributed by atoms with Gasteiger partial charge in [-0.1, -0.05) is 41.3 Å². The summed E-state index contributed by atoms with van der Waals surface area (Å²) in [7, 11) is 0. The highest BCUT2D eigenvalue weighted by Gasteiger charge is 2.08. The molecule has 246 valence electrons. The minimum Gasteiger partial charge on any atom is -0.478 e. The van der Waals surface area contributed by atoms with Crippen LogP contribution in [0, 0.1) is 0 Å². The highest BCUT2D eigenvalue weighted by Crippen LogP contribution is 2.02. The molecule has 2 atom stereocenters. The molecule has 15 nitrogen and oxygen atoms in total. The first-order valence-corrected chi connectivity index (χ1v) is 10.2. The predicted octanol–water partition coefficient (Wildman–Crippen LogP) is 4.79. The van der Waals surface area contributed by atoms with Gasteiger partial charge in [-0.05, 0) is 41.5 Å². The van der Waals surface area contributed by atoms with Crippen LogP contribution in [-0.4, -0.2) is 80.9 Å². The molecule has 0 amide bonds. The molecule has 0 heterocycles. The zero-order valence-electron chi connectivity index (χ0n) is 21.1. The van der Waals surface area contributed by atoms with Crippen LogP contribution in [0.4, 0.5) is 0 Å². The number of aliphatic carboxylic acids is 2. The maximum absolute atomic E-state index is 10.5. The summed E-state index contributed by atoms with van der Waals surface area (Å²) in [4.78, 5) is 58.5. The molecule has 0 rings (SSSR count). The molecule has 0 aliphatic rings. The van der Waals surface area contributed by atoms with Gasteiger partial charge in [0, 0.05) is 14.5 Å². The Morgan fingerprint density at radius 2 is 1.30 bits per heavy atom. The van der Waals surface area contributed by atoms with Crippen LogP contribution in [-0.2, 0) is 48.3 Å². The Kier molecular flexibility index (Phi) is 53.6. The number of hydrogen-bond donors (Lipinski definition) is 5. The van der Waals surface area contributed by atoms with Crippen molar-refractivity contribution < 1.29 is 76.9 Å². The molecule has 0 aromatic rings. The zero-order valence-corrected chi connectivity index (χ0v) is 21.1. The summed E-state index contributed by atoms with van der Waals surface area (Å²) in [6.45, 7) is 13.0. The molecular weight excluding hydrogens is 540 g/mol. The number of Topliss-reactive ketones (excluding diaryl/α,β-unsaturated/α-hetero) is 1. The van der Waals surface area contributed by atoms with Gasteiger partial charge in [0.15, 0.2) is 11.9 Å². The van der Waals surface area contributed by atoms with E-state index in [0.29, 0.717) is 19.3 Å². The zero-order chi connectivity index (χ0) is 29.3. The Labute approximate surface area is 240 Å². The molecule has 0 spiro atoms. The minimum atomic E-state index is -1.24. The number of carboxylic acids is 2. The van der Waals surface area contributed by atoms with Gasteiger partial charge in [0.1, 0.15) is 12.2 Å². The van der Waals surface area contributed by atoms with E-state index < -0.39 is 30.1 Å². The molecule has 0 fully saturated rings. The summed E-state index contributed by atoms with van der Waals surface area (Å²) in [5.41, 5.74) is -0.178. The lowest BCUT2D eigenvalue weighted by Crippen LogP contribution is -2.11. The fourth-order valence-corrected chi connectivity index (χ4v) is 1.32. The third-order valence-electron chi connectivity index (χ3n) is 2.90. The largest absolute Gasteiger partial charge is 0.478 e. The van der Waals surface area contributed by atoms with Gasteiger partial charge in [0.2, 0.25) is 0 Å². The summed E-state index contributed by atoms with van der Waals surface area (Å²) >= 11 is 0. The van der Waals surface area contributed by atoms with Crippen LogP contribution in [0.3, 0.4) is 0 Å². The van der Waals surface area contributed by atoms with Crippen LogP contribution < -0.4 is 0 Å². The molecule has 2 unspecified atom stereocenters. The van der Waals surface area contributed by atoms with Gasteiger partial charge in [0.25, 0.3) is 0 Å². The van der Waals surface area contributed by atoms with Crippen molar-refractivity contribution in [1.29, 1.82) is 0 Å². The van der Waals surface area contributed by atoms with Gasteiger partial charge in [-0.2, -0.15) is 4.89 Å². The molecular formula is C25H56O15. The number of esters is 2. The van der Waals surface area contributed by atoms with E-state index in [4.69, 9.17) is 25.8 Å². The number of aliphatic hydroxyl groups is 1. The molecule has 15 heteroatoms. The lowest BCUT2D eigenvalue weighted by molar-refractivity contribution is -0.504. The van der Waals surface area contributed by atoms with Crippen LogP contribution in [0.5, 0.6) is 0 Å². The van der Waals surface area contributed by atoms with Gasteiger partial charge < -0.3 is 29.7 Å². The Morgan fingerprint density at radius 1 is 0.875 bits per heavy atom. The van der Waals surface area contributed by atoms with Crippen molar-refractivity contribution in [3.8, 4) is 0 Å². The number of rotatable bonds is 12. The molecule has 0 aromatic heterocycles. The maximum atomic E-state index is 10.5. The number of aliphatic hydroxyl groups excluding tert-OH is 1. The molecule has 5 N–H and O–H groups in total. The van der Waals surface area contributed by atoms with Crippen molar-refractivity contribution in [2.24, 2.45) is 0 Å². The van der Waals surface area contributed by atoms with Crippen LogP contribution in [0.25, 0.3) is 0 Å². The number of carbonyl (C=O) groups is 5. The Morgan fingerprint density at radius 3 is 1.55 bits per heavy atom. The van der Waals surface area contributed by atoms with Crippen molar-refractivity contribution in [3.05, 3.63) is 24.0 Å². The predicted molar refractivity (Wildman–Crippen MR) is 152 cm³/mol. The van der Waals surface area contributed by atoms with E-state index in [2.05, 4.69) is 30.9 Å². The lowest BCUT2D eigenvalue weighted by Gasteiger charge is -2.06. The third kappa shape index (κ3) is 51.3. The monoisotopic (exact) mass is 596 g/mol. The number of ether oxygens (including phenoxy) is 2. The molecule has 0 aromatic carbocycles. The van der Waals surface area contributed by atoms with E-state index in [1.54, 1.807) is 20.8 Å². The average Bonchev–Trinajstić information content (AvgIpc) is 2.73. The summed E-state index contributed by atoms with van der Waals surface area (Å²) in [5.74, 6) is -3.44. The van der Waals surface area contributed by atoms with Gasteiger partial charge in [-0.3, -0.25) is 14.4 Å². The number of hydrogen-bond acceptors (Lipinski definition) is 13. The molecule has 0 aliphatic heterocycles. The smallest absolute Gasteiger partial charge is 0.331 e. The first-order valence-electron chi connectivity index (χ1n) is 10.2. The topological polar surface area (TPSA) is 233 Å². The van der Waals surface area contributed by atoms with Crippen LogP contribution in [0.1, 0.15) is 86.9 Å². The van der Waals surface area contributed by atoms with Crippen molar-refractivity contribution in [2.75, 3.05) is 13.2 Å². The summed E-state index contributed by atoms with van der Waals surface area (Å²) in [6, 6.07) is 0. The minimum absolute atomic E-state index is 0. The second kappa shape index (κ2) is 37.8. The van der Waals surface area contributed by atoms with E-state index in [0.717, 1.165) is 0 Å². The van der Waals surface area contributed by atoms with E-state index in [9.17, 15) is 24.0 Å². The SMILES string of the molecule is C.C.C.C.C/C(=C\C(=O)O)C(=O)O.C=C(OO)C(C)OOO.CCOC(=O)CC(C)=O.CCOC(=O)CC(C)O.[HH].[HH]. The second-order valence-corrected chi connectivity index (χ2v) is 6.38. The fourth-order valence-electron chi connectivity index (χ4n) is 1.32. The van der Waals surface area contributed by atoms with E-state index in [1.807, 2.05) is 0 Å². The van der Waals surface area contributed by atoms with Gasteiger partial charge in [0.05, 0.1) is 25.7 Å². The number of carboxylic acid groups (broad SMARTS) is 2. The fraction of sp³-hybridized carbons (Fsp3) is 0.640. The van der Waals surface area contributed by atoms with Crippen LogP contribution in [0.2, 0.25) is 0 Å².